The molecule has 0 aliphatic heterocycles. The molecule has 6 heteroatoms. The zero-order valence-corrected chi connectivity index (χ0v) is 15.1. The van der Waals surface area contributed by atoms with Gasteiger partial charge in [0.2, 0.25) is 0 Å². The number of carbonyl (C=O) groups is 1. The summed E-state index contributed by atoms with van der Waals surface area (Å²) in [5.74, 6) is 1.37. The van der Waals surface area contributed by atoms with E-state index in [2.05, 4.69) is 22.3 Å². The van der Waals surface area contributed by atoms with E-state index in [4.69, 9.17) is 9.47 Å². The normalized spacial score (nSPS) is 13.8. The largest absolute Gasteiger partial charge is 0.497 e. The number of rotatable bonds is 6. The van der Waals surface area contributed by atoms with Gasteiger partial charge in [-0.25, -0.2) is 0 Å². The van der Waals surface area contributed by atoms with Crippen LogP contribution in [0.15, 0.2) is 36.7 Å². The molecule has 0 bridgehead atoms. The number of methoxy groups -OCH3 is 2. The van der Waals surface area contributed by atoms with Crippen molar-refractivity contribution in [1.29, 1.82) is 0 Å². The van der Waals surface area contributed by atoms with E-state index in [0.29, 0.717) is 24.1 Å². The molecule has 25 heavy (non-hydrogen) atoms. The Hall–Kier alpha value is -2.47. The van der Waals surface area contributed by atoms with Gasteiger partial charge in [0.25, 0.3) is 5.91 Å². The maximum atomic E-state index is 12.5. The molecule has 0 spiro atoms. The Balaban J connectivity index is 1.45. The minimum atomic E-state index is -0.0547. The van der Waals surface area contributed by atoms with Gasteiger partial charge >= 0.3 is 0 Å². The van der Waals surface area contributed by atoms with Crippen molar-refractivity contribution in [1.82, 2.24) is 9.88 Å². The number of carbonyl (C=O) groups excluding carboxylic acids is 1. The minimum absolute atomic E-state index is 0.0547. The van der Waals surface area contributed by atoms with Crippen LogP contribution in [0.1, 0.15) is 34.1 Å². The first-order valence-electron chi connectivity index (χ1n) is 8.27. The minimum Gasteiger partial charge on any atom is -0.497 e. The topological polar surface area (TPSA) is 52.5 Å². The summed E-state index contributed by atoms with van der Waals surface area (Å²) in [6.07, 6.45) is 6.83. The molecule has 2 aromatic heterocycles. The van der Waals surface area contributed by atoms with Gasteiger partial charge in [-0.05, 0) is 36.6 Å². The third-order valence-electron chi connectivity index (χ3n) is 4.40. The van der Waals surface area contributed by atoms with Crippen LogP contribution in [0.3, 0.4) is 0 Å². The molecular formula is C19H20N2O3S. The van der Waals surface area contributed by atoms with Crippen LogP contribution in [0.25, 0.3) is 10.1 Å². The van der Waals surface area contributed by atoms with E-state index < -0.39 is 0 Å². The highest BCUT2D eigenvalue weighted by molar-refractivity contribution is 7.20. The molecule has 1 amide bonds. The van der Waals surface area contributed by atoms with Crippen molar-refractivity contribution in [2.24, 2.45) is 0 Å². The second-order valence-corrected chi connectivity index (χ2v) is 7.35. The molecule has 5 nitrogen and oxygen atoms in total. The number of nitrogens with zero attached hydrogens (tertiary/aromatic N) is 1. The summed E-state index contributed by atoms with van der Waals surface area (Å²) in [7, 11) is 3.23. The molecular weight excluding hydrogens is 336 g/mol. The fourth-order valence-electron chi connectivity index (χ4n) is 2.89. The molecule has 0 radical (unpaired) electrons. The van der Waals surface area contributed by atoms with Gasteiger partial charge in [0.05, 0.1) is 23.8 Å². The van der Waals surface area contributed by atoms with Crippen LogP contribution in [0.4, 0.5) is 0 Å². The SMILES string of the molecule is COc1cc(CNC(=O)c2cc3cn(C4CC4)cc3s2)cc(OC)c1. The molecule has 1 N–H and O–H groups in total. The van der Waals surface area contributed by atoms with Crippen molar-refractivity contribution in [3.63, 3.8) is 0 Å². The fraction of sp³-hybridized carbons (Fsp3) is 0.316. The molecule has 1 aromatic carbocycles. The number of hydrogen-bond acceptors (Lipinski definition) is 4. The van der Waals surface area contributed by atoms with Gasteiger partial charge in [-0.15, -0.1) is 11.3 Å². The molecule has 130 valence electrons. The van der Waals surface area contributed by atoms with E-state index >= 15 is 0 Å². The van der Waals surface area contributed by atoms with Gasteiger partial charge in [-0.2, -0.15) is 0 Å². The van der Waals surface area contributed by atoms with Gasteiger partial charge in [0.1, 0.15) is 11.5 Å². The van der Waals surface area contributed by atoms with E-state index in [1.807, 2.05) is 24.3 Å². The van der Waals surface area contributed by atoms with Crippen LogP contribution in [0.2, 0.25) is 0 Å². The van der Waals surface area contributed by atoms with E-state index in [0.717, 1.165) is 15.8 Å². The monoisotopic (exact) mass is 356 g/mol. The molecule has 0 atom stereocenters. The maximum Gasteiger partial charge on any atom is 0.261 e. The van der Waals surface area contributed by atoms with Gasteiger partial charge in [-0.3, -0.25) is 4.79 Å². The summed E-state index contributed by atoms with van der Waals surface area (Å²) in [6.45, 7) is 0.427. The summed E-state index contributed by atoms with van der Waals surface area (Å²) in [6, 6.07) is 8.24. The zero-order valence-electron chi connectivity index (χ0n) is 14.2. The maximum absolute atomic E-state index is 12.5. The molecule has 1 aliphatic carbocycles. The average molecular weight is 356 g/mol. The molecule has 2 heterocycles. The number of benzene rings is 1. The average Bonchev–Trinajstić information content (AvgIpc) is 3.29. The van der Waals surface area contributed by atoms with Gasteiger partial charge < -0.3 is 19.4 Å². The molecule has 0 saturated heterocycles. The van der Waals surface area contributed by atoms with Crippen LogP contribution in [0, 0.1) is 0 Å². The van der Waals surface area contributed by atoms with Crippen LogP contribution < -0.4 is 14.8 Å². The van der Waals surface area contributed by atoms with Crippen molar-refractivity contribution < 1.29 is 14.3 Å². The predicted octanol–water partition coefficient (Wildman–Crippen LogP) is 3.98. The van der Waals surface area contributed by atoms with Crippen LogP contribution >= 0.6 is 11.3 Å². The highest BCUT2D eigenvalue weighted by atomic mass is 32.1. The Kier molecular flexibility index (Phi) is 4.13. The number of fused-ring (bicyclic) bond motifs is 1. The summed E-state index contributed by atoms with van der Waals surface area (Å²) < 4.78 is 14.0. The summed E-state index contributed by atoms with van der Waals surface area (Å²) in [5.41, 5.74) is 0.937. The second kappa shape index (κ2) is 6.44. The highest BCUT2D eigenvalue weighted by Crippen LogP contribution is 2.38. The van der Waals surface area contributed by atoms with E-state index in [9.17, 15) is 4.79 Å². The Morgan fingerprint density at radius 2 is 1.88 bits per heavy atom. The molecule has 3 aromatic rings. The lowest BCUT2D eigenvalue weighted by atomic mass is 10.2. The van der Waals surface area contributed by atoms with Crippen LogP contribution in [0.5, 0.6) is 11.5 Å². The van der Waals surface area contributed by atoms with E-state index in [1.165, 1.54) is 28.9 Å². The quantitative estimate of drug-likeness (QED) is 0.727. The van der Waals surface area contributed by atoms with Gasteiger partial charge in [0.15, 0.2) is 0 Å². The second-order valence-electron chi connectivity index (χ2n) is 6.27. The molecule has 1 saturated carbocycles. The summed E-state index contributed by atoms with van der Waals surface area (Å²) in [4.78, 5) is 13.2. The third kappa shape index (κ3) is 3.35. The number of thiophene rings is 1. The fourth-order valence-corrected chi connectivity index (χ4v) is 3.88. The highest BCUT2D eigenvalue weighted by Gasteiger charge is 2.24. The first-order valence-corrected chi connectivity index (χ1v) is 9.09. The lowest BCUT2D eigenvalue weighted by molar-refractivity contribution is 0.0955. The Morgan fingerprint density at radius 1 is 1.16 bits per heavy atom. The summed E-state index contributed by atoms with van der Waals surface area (Å²) in [5, 5.41) is 4.12. The lowest BCUT2D eigenvalue weighted by Gasteiger charge is -2.09. The lowest BCUT2D eigenvalue weighted by Crippen LogP contribution is -2.21. The van der Waals surface area contributed by atoms with Crippen LogP contribution in [-0.4, -0.2) is 24.7 Å². The van der Waals surface area contributed by atoms with E-state index in [1.54, 1.807) is 14.2 Å². The number of nitrogens with one attached hydrogen (secondary N) is 1. The molecule has 0 unspecified atom stereocenters. The van der Waals surface area contributed by atoms with Crippen molar-refractivity contribution in [3.05, 3.63) is 47.1 Å². The van der Waals surface area contributed by atoms with Gasteiger partial charge in [-0.1, -0.05) is 0 Å². The van der Waals surface area contributed by atoms with E-state index in [-0.39, 0.29) is 5.91 Å². The van der Waals surface area contributed by atoms with Crippen molar-refractivity contribution in [2.75, 3.05) is 14.2 Å². The van der Waals surface area contributed by atoms with Crippen LogP contribution in [-0.2, 0) is 6.54 Å². The third-order valence-corrected chi connectivity index (χ3v) is 5.49. The van der Waals surface area contributed by atoms with Crippen molar-refractivity contribution >= 4 is 27.3 Å². The molecule has 1 fully saturated rings. The number of amides is 1. The number of ether oxygens (including phenoxy) is 2. The Labute approximate surface area is 150 Å². The summed E-state index contributed by atoms with van der Waals surface area (Å²) >= 11 is 1.54. The number of hydrogen-bond donors (Lipinski definition) is 1. The first kappa shape index (κ1) is 16.0. The van der Waals surface area contributed by atoms with Crippen molar-refractivity contribution in [2.45, 2.75) is 25.4 Å². The Bertz CT molecular complexity index is 870. The Morgan fingerprint density at radius 3 is 2.48 bits per heavy atom. The number of aromatic nitrogens is 1. The van der Waals surface area contributed by atoms with Gasteiger partial charge in [0, 0.05) is 36.4 Å². The molecule has 4 rings (SSSR count). The smallest absolute Gasteiger partial charge is 0.261 e. The first-order chi connectivity index (χ1) is 12.2. The standard InChI is InChI=1S/C19H20N2O3S/c1-23-15-5-12(6-16(8-15)24-2)9-20-19(22)17-7-13-10-21(14-3-4-14)11-18(13)25-17/h5-8,10-11,14H,3-4,9H2,1-2H3,(H,20,22). The molecule has 1 aliphatic rings. The predicted molar refractivity (Wildman–Crippen MR) is 98.8 cm³/mol. The zero-order chi connectivity index (χ0) is 17.4. The van der Waals surface area contributed by atoms with Crippen molar-refractivity contribution in [3.8, 4) is 11.5 Å².